The first-order valence-electron chi connectivity index (χ1n) is 5.01. The number of rotatable bonds is 3. The summed E-state index contributed by atoms with van der Waals surface area (Å²) in [5, 5.41) is 17.0. The topological polar surface area (TPSA) is 121 Å². The van der Waals surface area contributed by atoms with E-state index in [9.17, 15) is 9.59 Å². The molecule has 0 spiro atoms. The molecule has 8 heteroatoms. The number of nitrogens with one attached hydrogen (secondary N) is 2. The molecule has 2 heterocycles. The van der Waals surface area contributed by atoms with E-state index in [-0.39, 0.29) is 17.3 Å². The van der Waals surface area contributed by atoms with E-state index in [1.807, 2.05) is 0 Å². The molecule has 0 saturated heterocycles. The molecule has 0 radical (unpaired) electrons. The van der Waals surface area contributed by atoms with Gasteiger partial charge in [-0.2, -0.15) is 5.10 Å². The van der Waals surface area contributed by atoms with Gasteiger partial charge in [-0.05, 0) is 6.92 Å². The zero-order valence-corrected chi connectivity index (χ0v) is 9.64. The first-order valence-corrected chi connectivity index (χ1v) is 5.01. The quantitative estimate of drug-likeness (QED) is 0.746. The van der Waals surface area contributed by atoms with Crippen LogP contribution in [0.5, 0.6) is 0 Å². The first kappa shape index (κ1) is 11.8. The Morgan fingerprint density at radius 3 is 2.67 bits per heavy atom. The van der Waals surface area contributed by atoms with Crippen LogP contribution in [0.1, 0.15) is 32.6 Å². The summed E-state index contributed by atoms with van der Waals surface area (Å²) in [5.41, 5.74) is 0.342. The number of amides is 1. The molecular weight excluding hydrogens is 240 g/mol. The van der Waals surface area contributed by atoms with E-state index in [1.54, 1.807) is 13.8 Å². The maximum absolute atomic E-state index is 11.8. The van der Waals surface area contributed by atoms with Crippen molar-refractivity contribution in [3.05, 3.63) is 29.1 Å². The van der Waals surface area contributed by atoms with Gasteiger partial charge >= 0.3 is 5.97 Å². The van der Waals surface area contributed by atoms with Crippen LogP contribution in [-0.4, -0.2) is 32.2 Å². The van der Waals surface area contributed by atoms with Crippen molar-refractivity contribution in [1.82, 2.24) is 15.2 Å². The highest BCUT2D eigenvalue weighted by Gasteiger charge is 2.17. The number of aryl methyl sites for hydroxylation is 2. The number of hydrogen-bond donors (Lipinski definition) is 3. The lowest BCUT2D eigenvalue weighted by Gasteiger charge is -1.97. The monoisotopic (exact) mass is 250 g/mol. The molecule has 18 heavy (non-hydrogen) atoms. The van der Waals surface area contributed by atoms with Gasteiger partial charge in [-0.1, -0.05) is 0 Å². The van der Waals surface area contributed by atoms with Crippen molar-refractivity contribution in [3.8, 4) is 0 Å². The fourth-order valence-corrected chi connectivity index (χ4v) is 1.41. The zero-order chi connectivity index (χ0) is 13.3. The summed E-state index contributed by atoms with van der Waals surface area (Å²) < 4.78 is 5.13. The van der Waals surface area contributed by atoms with Gasteiger partial charge in [0, 0.05) is 13.0 Å². The van der Waals surface area contributed by atoms with E-state index in [0.29, 0.717) is 11.6 Å². The average molecular weight is 250 g/mol. The number of aromatic amines is 1. The molecule has 0 aliphatic heterocycles. The molecule has 3 N–H and O–H groups in total. The number of aromatic carboxylic acids is 1. The molecule has 2 rings (SSSR count). The second kappa shape index (κ2) is 4.32. The zero-order valence-electron chi connectivity index (χ0n) is 9.64. The minimum atomic E-state index is -1.16. The third kappa shape index (κ3) is 2.21. The maximum Gasteiger partial charge on any atom is 0.353 e. The molecule has 94 valence electrons. The SMILES string of the molecule is Cc1nc(C)c(C(=O)Nc2cc(C(=O)O)[nH]n2)o1. The highest BCUT2D eigenvalue weighted by Crippen LogP contribution is 2.12. The van der Waals surface area contributed by atoms with Gasteiger partial charge in [-0.15, -0.1) is 0 Å². The summed E-state index contributed by atoms with van der Waals surface area (Å²) in [6, 6.07) is 1.21. The van der Waals surface area contributed by atoms with Crippen molar-refractivity contribution in [1.29, 1.82) is 0 Å². The Morgan fingerprint density at radius 2 is 2.17 bits per heavy atom. The number of nitrogens with zero attached hydrogens (tertiary/aromatic N) is 2. The van der Waals surface area contributed by atoms with Crippen LogP contribution in [0, 0.1) is 13.8 Å². The van der Waals surface area contributed by atoms with Gasteiger partial charge < -0.3 is 14.8 Å². The summed E-state index contributed by atoms with van der Waals surface area (Å²) in [6.45, 7) is 3.26. The molecule has 0 aliphatic carbocycles. The van der Waals surface area contributed by atoms with Gasteiger partial charge in [0.15, 0.2) is 11.7 Å². The van der Waals surface area contributed by atoms with Gasteiger partial charge in [0.2, 0.25) is 5.76 Å². The number of anilines is 1. The lowest BCUT2D eigenvalue weighted by molar-refractivity contribution is 0.0690. The van der Waals surface area contributed by atoms with Gasteiger partial charge in [-0.25, -0.2) is 9.78 Å². The lowest BCUT2D eigenvalue weighted by atomic mass is 10.3. The molecule has 0 bridgehead atoms. The molecule has 0 unspecified atom stereocenters. The fourth-order valence-electron chi connectivity index (χ4n) is 1.41. The third-order valence-electron chi connectivity index (χ3n) is 2.16. The number of carbonyl (C=O) groups excluding carboxylic acids is 1. The van der Waals surface area contributed by atoms with Crippen LogP contribution >= 0.6 is 0 Å². The molecule has 0 atom stereocenters. The molecule has 2 aromatic rings. The van der Waals surface area contributed by atoms with Crippen LogP contribution in [0.15, 0.2) is 10.5 Å². The van der Waals surface area contributed by atoms with E-state index in [1.165, 1.54) is 6.07 Å². The molecule has 0 aliphatic rings. The van der Waals surface area contributed by atoms with Crippen molar-refractivity contribution >= 4 is 17.7 Å². The van der Waals surface area contributed by atoms with Gasteiger partial charge in [0.1, 0.15) is 5.69 Å². The second-order valence-electron chi connectivity index (χ2n) is 3.57. The Morgan fingerprint density at radius 1 is 1.44 bits per heavy atom. The Kier molecular flexibility index (Phi) is 2.84. The van der Waals surface area contributed by atoms with Gasteiger partial charge in [0.25, 0.3) is 5.91 Å². The normalized spacial score (nSPS) is 10.3. The molecule has 2 aromatic heterocycles. The Hall–Kier alpha value is -2.64. The summed E-state index contributed by atoms with van der Waals surface area (Å²) in [6.07, 6.45) is 0. The van der Waals surface area contributed by atoms with Crippen LogP contribution in [0.3, 0.4) is 0 Å². The van der Waals surface area contributed by atoms with E-state index < -0.39 is 11.9 Å². The number of carboxylic acid groups (broad SMARTS) is 1. The van der Waals surface area contributed by atoms with Gasteiger partial charge in [-0.3, -0.25) is 9.89 Å². The predicted molar refractivity (Wildman–Crippen MR) is 59.5 cm³/mol. The van der Waals surface area contributed by atoms with Crippen molar-refractivity contribution in [2.75, 3.05) is 5.32 Å². The van der Waals surface area contributed by atoms with Crippen LogP contribution in [-0.2, 0) is 0 Å². The molecule has 0 aromatic carbocycles. The summed E-state index contributed by atoms with van der Waals surface area (Å²) >= 11 is 0. The molecule has 1 amide bonds. The second-order valence-corrected chi connectivity index (χ2v) is 3.57. The smallest absolute Gasteiger partial charge is 0.353 e. The third-order valence-corrected chi connectivity index (χ3v) is 2.16. The van der Waals surface area contributed by atoms with Crippen molar-refractivity contribution in [2.45, 2.75) is 13.8 Å². The first-order chi connectivity index (χ1) is 8.47. The number of hydrogen-bond acceptors (Lipinski definition) is 5. The number of carboxylic acids is 1. The Bertz CT molecular complexity index is 613. The highest BCUT2D eigenvalue weighted by atomic mass is 16.4. The van der Waals surface area contributed by atoms with Crippen molar-refractivity contribution in [2.24, 2.45) is 0 Å². The fraction of sp³-hybridized carbons (Fsp3) is 0.200. The van der Waals surface area contributed by atoms with Gasteiger partial charge in [0.05, 0.1) is 5.69 Å². The van der Waals surface area contributed by atoms with E-state index >= 15 is 0 Å². The minimum absolute atomic E-state index is 0.0763. The molecule has 0 fully saturated rings. The highest BCUT2D eigenvalue weighted by molar-refractivity contribution is 6.02. The lowest BCUT2D eigenvalue weighted by Crippen LogP contribution is -2.12. The number of oxazole rings is 1. The van der Waals surface area contributed by atoms with E-state index in [2.05, 4.69) is 20.5 Å². The maximum atomic E-state index is 11.8. The molecule has 0 saturated carbocycles. The van der Waals surface area contributed by atoms with Crippen LogP contribution in [0.4, 0.5) is 5.82 Å². The number of carbonyl (C=O) groups is 2. The standard InChI is InChI=1S/C10H10N4O4/c1-4-8(18-5(2)11-4)9(15)12-7-3-6(10(16)17)13-14-7/h3H,1-2H3,(H,16,17)(H2,12,13,14,15). The van der Waals surface area contributed by atoms with Crippen molar-refractivity contribution in [3.63, 3.8) is 0 Å². The van der Waals surface area contributed by atoms with E-state index in [4.69, 9.17) is 9.52 Å². The molecule has 8 nitrogen and oxygen atoms in total. The predicted octanol–water partition coefficient (Wildman–Crippen LogP) is 0.965. The average Bonchev–Trinajstić information content (AvgIpc) is 2.85. The Balaban J connectivity index is 2.16. The van der Waals surface area contributed by atoms with Crippen LogP contribution in [0.25, 0.3) is 0 Å². The number of H-pyrrole nitrogens is 1. The summed E-state index contributed by atoms with van der Waals surface area (Å²) in [4.78, 5) is 26.4. The largest absolute Gasteiger partial charge is 0.477 e. The summed E-state index contributed by atoms with van der Waals surface area (Å²) in [5.74, 6) is -1.13. The van der Waals surface area contributed by atoms with Crippen molar-refractivity contribution < 1.29 is 19.1 Å². The minimum Gasteiger partial charge on any atom is -0.477 e. The molecular formula is C10H10N4O4. The van der Waals surface area contributed by atoms with Crippen LogP contribution in [0.2, 0.25) is 0 Å². The number of aromatic nitrogens is 3. The van der Waals surface area contributed by atoms with Crippen LogP contribution < -0.4 is 5.32 Å². The Labute approximate surface area is 101 Å². The van der Waals surface area contributed by atoms with E-state index in [0.717, 1.165) is 0 Å². The summed E-state index contributed by atoms with van der Waals surface area (Å²) in [7, 11) is 0.